The van der Waals surface area contributed by atoms with Gasteiger partial charge in [-0.25, -0.2) is 0 Å². The van der Waals surface area contributed by atoms with Crippen molar-refractivity contribution in [3.8, 4) is 5.88 Å². The third-order valence-electron chi connectivity index (χ3n) is 2.66. The molecule has 0 saturated carbocycles. The predicted octanol–water partition coefficient (Wildman–Crippen LogP) is 0.287. The smallest absolute Gasteiger partial charge is 0.269 e. The van der Waals surface area contributed by atoms with Gasteiger partial charge < -0.3 is 9.84 Å². The second-order valence-electron chi connectivity index (χ2n) is 4.19. The zero-order valence-corrected chi connectivity index (χ0v) is 11.6. The van der Waals surface area contributed by atoms with Crippen LogP contribution >= 0.6 is 0 Å². The van der Waals surface area contributed by atoms with Gasteiger partial charge in [0.25, 0.3) is 15.7 Å². The van der Waals surface area contributed by atoms with Crippen LogP contribution in [-0.4, -0.2) is 36.4 Å². The molecule has 19 heavy (non-hydrogen) atoms. The first-order valence-electron chi connectivity index (χ1n) is 5.62. The third kappa shape index (κ3) is 4.34. The summed E-state index contributed by atoms with van der Waals surface area (Å²) in [6, 6.07) is 1.23. The van der Waals surface area contributed by atoms with Crippen LogP contribution in [0.5, 0.6) is 5.88 Å². The molecule has 0 radical (unpaired) electrons. The summed E-state index contributed by atoms with van der Waals surface area (Å²) in [4.78, 5) is 11.7. The Morgan fingerprint density at radius 1 is 1.42 bits per heavy atom. The summed E-state index contributed by atoms with van der Waals surface area (Å²) < 4.78 is 36.6. The van der Waals surface area contributed by atoms with E-state index in [-0.39, 0.29) is 12.1 Å². The predicted molar refractivity (Wildman–Crippen MR) is 68.8 cm³/mol. The molecule has 1 heterocycles. The number of ether oxygens (including phenoxy) is 1. The van der Waals surface area contributed by atoms with Crippen LogP contribution in [0.2, 0.25) is 0 Å². The first-order valence-corrected chi connectivity index (χ1v) is 7.23. The summed E-state index contributed by atoms with van der Waals surface area (Å²) in [5, 5.41) is 9.96. The average molecular weight is 291 g/mol. The van der Waals surface area contributed by atoms with Crippen molar-refractivity contribution in [2.24, 2.45) is 0 Å². The maximum absolute atomic E-state index is 11.7. The number of rotatable bonds is 6. The van der Waals surface area contributed by atoms with Crippen LogP contribution < -0.4 is 5.56 Å². The van der Waals surface area contributed by atoms with E-state index in [1.807, 2.05) is 0 Å². The molecule has 0 spiro atoms. The molecule has 0 saturated heterocycles. The molecular formula is C11H17NO6S. The molecule has 8 heteroatoms. The molecule has 0 unspecified atom stereocenters. The summed E-state index contributed by atoms with van der Waals surface area (Å²) in [6.07, 6.45) is 0.498. The van der Waals surface area contributed by atoms with E-state index in [4.69, 9.17) is 9.29 Å². The van der Waals surface area contributed by atoms with Crippen molar-refractivity contribution < 1.29 is 22.8 Å². The van der Waals surface area contributed by atoms with E-state index >= 15 is 0 Å². The zero-order valence-electron chi connectivity index (χ0n) is 10.8. The van der Waals surface area contributed by atoms with Crippen molar-refractivity contribution in [2.45, 2.75) is 25.6 Å². The number of methoxy groups -OCH3 is 1. The lowest BCUT2D eigenvalue weighted by atomic mass is 10.1. The molecule has 1 aromatic rings. The number of nitrogens with zero attached hydrogens (tertiary/aromatic N) is 1. The molecule has 1 aromatic heterocycles. The Balaban J connectivity index is 3.19. The lowest BCUT2D eigenvalue weighted by molar-refractivity contribution is 0.188. The lowest BCUT2D eigenvalue weighted by Gasteiger charge is -2.13. The molecule has 1 rings (SSSR count). The first kappa shape index (κ1) is 15.7. The highest BCUT2D eigenvalue weighted by molar-refractivity contribution is 7.85. The minimum absolute atomic E-state index is 0.0273. The van der Waals surface area contributed by atoms with Crippen LogP contribution in [-0.2, 0) is 27.2 Å². The van der Waals surface area contributed by atoms with E-state index in [0.717, 1.165) is 4.57 Å². The zero-order chi connectivity index (χ0) is 14.6. The Morgan fingerprint density at radius 2 is 2.05 bits per heavy atom. The largest absolute Gasteiger partial charge is 0.494 e. The molecule has 2 N–H and O–H groups in total. The standard InChI is InChI=1S/C11H17NO6S/c1-8-6-10(13)12(4-3-5-18-2)11(14)9(8)7-19(15,16)17/h6,14H,3-5,7H2,1-2H3,(H,15,16,17). The van der Waals surface area contributed by atoms with E-state index < -0.39 is 27.3 Å². The second kappa shape index (κ2) is 6.18. The minimum Gasteiger partial charge on any atom is -0.494 e. The number of hydrogen-bond donors (Lipinski definition) is 2. The molecule has 0 aliphatic carbocycles. The van der Waals surface area contributed by atoms with E-state index in [1.165, 1.54) is 20.1 Å². The first-order chi connectivity index (χ1) is 8.76. The van der Waals surface area contributed by atoms with Gasteiger partial charge in [-0.05, 0) is 18.9 Å². The van der Waals surface area contributed by atoms with Crippen LogP contribution in [0.3, 0.4) is 0 Å². The quantitative estimate of drug-likeness (QED) is 0.576. The fourth-order valence-corrected chi connectivity index (χ4v) is 2.46. The van der Waals surface area contributed by atoms with Crippen molar-refractivity contribution >= 4 is 10.1 Å². The Kier molecular flexibility index (Phi) is 5.10. The molecule has 0 amide bonds. The van der Waals surface area contributed by atoms with Crippen LogP contribution in [0.4, 0.5) is 0 Å². The monoisotopic (exact) mass is 291 g/mol. The van der Waals surface area contributed by atoms with Crippen LogP contribution in [0.15, 0.2) is 10.9 Å². The van der Waals surface area contributed by atoms with Gasteiger partial charge in [-0.15, -0.1) is 0 Å². The molecule has 0 aromatic carbocycles. The Morgan fingerprint density at radius 3 is 2.58 bits per heavy atom. The molecule has 0 aliphatic rings. The van der Waals surface area contributed by atoms with E-state index in [0.29, 0.717) is 18.6 Å². The molecule has 0 fully saturated rings. The SMILES string of the molecule is COCCCn1c(O)c(CS(=O)(=O)O)c(C)cc1=O. The summed E-state index contributed by atoms with van der Waals surface area (Å²) in [5.41, 5.74) is -0.0761. The molecular weight excluding hydrogens is 274 g/mol. The van der Waals surface area contributed by atoms with Crippen molar-refractivity contribution in [3.05, 3.63) is 27.5 Å². The molecule has 0 bridgehead atoms. The van der Waals surface area contributed by atoms with E-state index in [1.54, 1.807) is 0 Å². The number of hydrogen-bond acceptors (Lipinski definition) is 5. The van der Waals surface area contributed by atoms with E-state index in [9.17, 15) is 18.3 Å². The number of pyridine rings is 1. The molecule has 0 atom stereocenters. The highest BCUT2D eigenvalue weighted by Crippen LogP contribution is 2.21. The number of aromatic nitrogens is 1. The lowest BCUT2D eigenvalue weighted by Crippen LogP contribution is -2.22. The van der Waals surface area contributed by atoms with Gasteiger partial charge in [-0.2, -0.15) is 8.42 Å². The summed E-state index contributed by atoms with van der Waals surface area (Å²) in [6.45, 7) is 2.12. The van der Waals surface area contributed by atoms with Gasteiger partial charge >= 0.3 is 0 Å². The van der Waals surface area contributed by atoms with Gasteiger partial charge in [0.1, 0.15) is 5.75 Å². The van der Waals surface area contributed by atoms with Crippen molar-refractivity contribution in [2.75, 3.05) is 13.7 Å². The maximum atomic E-state index is 11.7. The van der Waals surface area contributed by atoms with Gasteiger partial charge in [0.2, 0.25) is 0 Å². The Labute approximate surface area is 111 Å². The average Bonchev–Trinajstić information content (AvgIpc) is 2.28. The van der Waals surface area contributed by atoms with Crippen molar-refractivity contribution in [1.82, 2.24) is 4.57 Å². The number of aromatic hydroxyl groups is 1. The summed E-state index contributed by atoms with van der Waals surface area (Å²) in [5.74, 6) is -1.16. The van der Waals surface area contributed by atoms with Crippen LogP contribution in [0, 0.1) is 6.92 Å². The normalized spacial score (nSPS) is 11.7. The Bertz CT molecular complexity index is 604. The fraction of sp³-hybridized carbons (Fsp3) is 0.545. The van der Waals surface area contributed by atoms with Gasteiger partial charge in [0, 0.05) is 31.9 Å². The molecule has 0 aliphatic heterocycles. The van der Waals surface area contributed by atoms with Gasteiger partial charge in [-0.3, -0.25) is 13.9 Å². The maximum Gasteiger partial charge on any atom is 0.269 e. The fourth-order valence-electron chi connectivity index (χ4n) is 1.74. The van der Waals surface area contributed by atoms with Gasteiger partial charge in [0.15, 0.2) is 5.88 Å². The van der Waals surface area contributed by atoms with Crippen molar-refractivity contribution in [3.63, 3.8) is 0 Å². The van der Waals surface area contributed by atoms with Gasteiger partial charge in [0.05, 0.1) is 0 Å². The second-order valence-corrected chi connectivity index (χ2v) is 5.64. The van der Waals surface area contributed by atoms with Crippen molar-refractivity contribution in [1.29, 1.82) is 0 Å². The molecule has 108 valence electrons. The topological polar surface area (TPSA) is 106 Å². The van der Waals surface area contributed by atoms with Crippen LogP contribution in [0.1, 0.15) is 17.5 Å². The van der Waals surface area contributed by atoms with Crippen LogP contribution in [0.25, 0.3) is 0 Å². The highest BCUT2D eigenvalue weighted by Gasteiger charge is 2.17. The molecule has 7 nitrogen and oxygen atoms in total. The highest BCUT2D eigenvalue weighted by atomic mass is 32.2. The Hall–Kier alpha value is -1.38. The third-order valence-corrected chi connectivity index (χ3v) is 3.32. The van der Waals surface area contributed by atoms with E-state index in [2.05, 4.69) is 0 Å². The van der Waals surface area contributed by atoms with Gasteiger partial charge in [-0.1, -0.05) is 0 Å². The number of aryl methyl sites for hydroxylation is 1. The minimum atomic E-state index is -4.28. The summed E-state index contributed by atoms with van der Waals surface area (Å²) in [7, 11) is -2.76. The summed E-state index contributed by atoms with van der Waals surface area (Å²) >= 11 is 0.